The summed E-state index contributed by atoms with van der Waals surface area (Å²) in [6.07, 6.45) is 9.48. The molecule has 2 N–H and O–H groups in total. The molecule has 1 saturated carbocycles. The second kappa shape index (κ2) is 10.6. The Morgan fingerprint density at radius 2 is 2.00 bits per heavy atom. The van der Waals surface area contributed by atoms with Gasteiger partial charge in [0, 0.05) is 26.0 Å². The van der Waals surface area contributed by atoms with Crippen LogP contribution in [0.2, 0.25) is 0 Å². The molecule has 0 spiro atoms. The van der Waals surface area contributed by atoms with Crippen molar-refractivity contribution in [3.05, 3.63) is 77.0 Å². The Hall–Kier alpha value is -2.99. The van der Waals surface area contributed by atoms with Gasteiger partial charge >= 0.3 is 0 Å². The number of aliphatic hydroxyl groups is 1. The van der Waals surface area contributed by atoms with Crippen LogP contribution in [-0.4, -0.2) is 52.1 Å². The Morgan fingerprint density at radius 3 is 2.66 bits per heavy atom. The molecule has 0 radical (unpaired) electrons. The minimum Gasteiger partial charge on any atom is -0.391 e. The lowest BCUT2D eigenvalue weighted by Gasteiger charge is -2.28. The lowest BCUT2D eigenvalue weighted by molar-refractivity contribution is 0.0713. The number of pyridine rings is 2. The van der Waals surface area contributed by atoms with Crippen LogP contribution in [0.15, 0.2) is 43.3 Å². The number of amides is 1. The van der Waals surface area contributed by atoms with Crippen LogP contribution in [0.3, 0.4) is 0 Å². The van der Waals surface area contributed by atoms with Crippen LogP contribution in [0.4, 0.5) is 0 Å². The number of hydrogen-bond donors (Lipinski definition) is 2. The highest BCUT2D eigenvalue weighted by molar-refractivity contribution is 5.92. The van der Waals surface area contributed by atoms with Crippen LogP contribution in [0.5, 0.6) is 0 Å². The molecule has 3 rings (SSSR count). The summed E-state index contributed by atoms with van der Waals surface area (Å²) in [7, 11) is 3.93. The Bertz CT molecular complexity index is 996. The SMILES string of the molecule is C=C(/C=C\N(C)C)c1ccc(Cc2cc(C(=O)N[C@H]3CCCC[C@@H]3O)nc(C)c2C)cn1. The van der Waals surface area contributed by atoms with E-state index in [1.807, 2.05) is 69.5 Å². The van der Waals surface area contributed by atoms with Crippen molar-refractivity contribution in [1.29, 1.82) is 0 Å². The van der Waals surface area contributed by atoms with Gasteiger partial charge in [-0.05, 0) is 79.8 Å². The fourth-order valence-corrected chi connectivity index (χ4v) is 3.89. The first-order valence-electron chi connectivity index (χ1n) is 11.2. The second-order valence-electron chi connectivity index (χ2n) is 8.84. The first kappa shape index (κ1) is 23.7. The number of allylic oxidation sites excluding steroid dienone is 2. The van der Waals surface area contributed by atoms with Crippen LogP contribution in [0.1, 0.15) is 64.2 Å². The number of rotatable bonds is 7. The van der Waals surface area contributed by atoms with Crippen molar-refractivity contribution in [1.82, 2.24) is 20.2 Å². The molecule has 2 aromatic heterocycles. The first-order valence-corrected chi connectivity index (χ1v) is 11.2. The van der Waals surface area contributed by atoms with E-state index in [-0.39, 0.29) is 11.9 Å². The van der Waals surface area contributed by atoms with E-state index in [2.05, 4.69) is 21.9 Å². The summed E-state index contributed by atoms with van der Waals surface area (Å²) in [5.74, 6) is -0.224. The molecular weight excluding hydrogens is 400 g/mol. The van der Waals surface area contributed by atoms with Gasteiger partial charge in [0.05, 0.1) is 17.8 Å². The standard InChI is InChI=1S/C26H34N4O2/c1-17(12-13-30(4)5)22-11-10-20(16-27-22)14-21-15-24(28-19(3)18(21)2)26(32)29-23-8-6-7-9-25(23)31/h10-13,15-16,23,25,31H,1,6-9,14H2,2-5H3,(H,29,32)/b13-12-/t23-,25-/m0/s1. The highest BCUT2D eigenvalue weighted by Crippen LogP contribution is 2.21. The summed E-state index contributed by atoms with van der Waals surface area (Å²) in [5, 5.41) is 13.2. The highest BCUT2D eigenvalue weighted by Gasteiger charge is 2.25. The quantitative estimate of drug-likeness (QED) is 0.648. The van der Waals surface area contributed by atoms with Gasteiger partial charge in [-0.3, -0.25) is 9.78 Å². The topological polar surface area (TPSA) is 78.4 Å². The minimum atomic E-state index is -0.481. The third kappa shape index (κ3) is 6.04. The summed E-state index contributed by atoms with van der Waals surface area (Å²) in [6, 6.07) is 5.68. The smallest absolute Gasteiger partial charge is 0.270 e. The van der Waals surface area contributed by atoms with Gasteiger partial charge in [-0.25, -0.2) is 4.98 Å². The molecule has 6 heteroatoms. The predicted octanol–water partition coefficient (Wildman–Crippen LogP) is 3.81. The van der Waals surface area contributed by atoms with Gasteiger partial charge in [-0.2, -0.15) is 0 Å². The van der Waals surface area contributed by atoms with Crippen LogP contribution in [-0.2, 0) is 6.42 Å². The molecule has 2 heterocycles. The van der Waals surface area contributed by atoms with Crippen molar-refractivity contribution in [3.8, 4) is 0 Å². The maximum absolute atomic E-state index is 12.8. The van der Waals surface area contributed by atoms with Gasteiger partial charge in [0.15, 0.2) is 0 Å². The average molecular weight is 435 g/mol. The molecule has 1 aliphatic rings. The number of aryl methyl sites for hydroxylation is 1. The lowest BCUT2D eigenvalue weighted by Crippen LogP contribution is -2.45. The van der Waals surface area contributed by atoms with Crippen molar-refractivity contribution < 1.29 is 9.90 Å². The van der Waals surface area contributed by atoms with Crippen LogP contribution in [0.25, 0.3) is 5.57 Å². The van der Waals surface area contributed by atoms with Gasteiger partial charge in [0.2, 0.25) is 0 Å². The number of carbonyl (C=O) groups is 1. The Balaban J connectivity index is 1.74. The van der Waals surface area contributed by atoms with Gasteiger partial charge in [0.25, 0.3) is 5.91 Å². The van der Waals surface area contributed by atoms with Crippen molar-refractivity contribution in [3.63, 3.8) is 0 Å². The summed E-state index contributed by atoms with van der Waals surface area (Å²) < 4.78 is 0. The van der Waals surface area contributed by atoms with E-state index in [9.17, 15) is 9.90 Å². The summed E-state index contributed by atoms with van der Waals surface area (Å²) in [6.45, 7) is 8.03. The molecule has 170 valence electrons. The molecule has 2 aromatic rings. The number of nitrogens with zero attached hydrogens (tertiary/aromatic N) is 3. The Kier molecular flexibility index (Phi) is 7.80. The van der Waals surface area contributed by atoms with E-state index in [1.165, 1.54) is 0 Å². The van der Waals surface area contributed by atoms with E-state index >= 15 is 0 Å². The van der Waals surface area contributed by atoms with Crippen molar-refractivity contribution in [2.45, 2.75) is 58.1 Å². The van der Waals surface area contributed by atoms with Crippen LogP contribution < -0.4 is 5.32 Å². The molecule has 1 amide bonds. The maximum atomic E-state index is 12.8. The Morgan fingerprint density at radius 1 is 1.25 bits per heavy atom. The third-order valence-corrected chi connectivity index (χ3v) is 6.02. The Labute approximate surface area is 191 Å². The van der Waals surface area contributed by atoms with Crippen molar-refractivity contribution in [2.75, 3.05) is 14.1 Å². The molecule has 6 nitrogen and oxygen atoms in total. The molecule has 0 bridgehead atoms. The normalized spacial score (nSPS) is 18.5. The molecule has 1 aliphatic carbocycles. The largest absolute Gasteiger partial charge is 0.391 e. The van der Waals surface area contributed by atoms with E-state index in [0.29, 0.717) is 12.1 Å². The van der Waals surface area contributed by atoms with Gasteiger partial charge in [-0.15, -0.1) is 0 Å². The lowest BCUT2D eigenvalue weighted by atomic mass is 9.92. The van der Waals surface area contributed by atoms with Gasteiger partial charge in [-0.1, -0.05) is 25.5 Å². The number of hydrogen-bond acceptors (Lipinski definition) is 5. The predicted molar refractivity (Wildman–Crippen MR) is 128 cm³/mol. The minimum absolute atomic E-state index is 0.200. The zero-order valence-electron chi connectivity index (χ0n) is 19.6. The third-order valence-electron chi connectivity index (χ3n) is 6.02. The van der Waals surface area contributed by atoms with E-state index < -0.39 is 6.10 Å². The molecule has 0 aromatic carbocycles. The zero-order valence-corrected chi connectivity index (χ0v) is 19.6. The number of aromatic nitrogens is 2. The average Bonchev–Trinajstić information content (AvgIpc) is 2.77. The van der Waals surface area contributed by atoms with Gasteiger partial charge < -0.3 is 15.3 Å². The summed E-state index contributed by atoms with van der Waals surface area (Å²) in [5.41, 5.74) is 6.09. The molecule has 32 heavy (non-hydrogen) atoms. The second-order valence-corrected chi connectivity index (χ2v) is 8.84. The molecule has 2 atom stereocenters. The van der Waals surface area contributed by atoms with E-state index in [0.717, 1.165) is 59.3 Å². The highest BCUT2D eigenvalue weighted by atomic mass is 16.3. The van der Waals surface area contributed by atoms with E-state index in [4.69, 9.17) is 0 Å². The molecule has 0 unspecified atom stereocenters. The molecule has 0 saturated heterocycles. The van der Waals surface area contributed by atoms with Gasteiger partial charge in [0.1, 0.15) is 5.69 Å². The summed E-state index contributed by atoms with van der Waals surface area (Å²) >= 11 is 0. The molecule has 1 fully saturated rings. The zero-order chi connectivity index (χ0) is 23.3. The monoisotopic (exact) mass is 434 g/mol. The number of nitrogens with one attached hydrogen (secondary N) is 1. The number of aliphatic hydroxyl groups excluding tert-OH is 1. The van der Waals surface area contributed by atoms with Crippen LogP contribution in [0, 0.1) is 13.8 Å². The van der Waals surface area contributed by atoms with E-state index in [1.54, 1.807) is 0 Å². The fraction of sp³-hybridized carbons (Fsp3) is 0.423. The molecular formula is C26H34N4O2. The summed E-state index contributed by atoms with van der Waals surface area (Å²) in [4.78, 5) is 23.9. The maximum Gasteiger partial charge on any atom is 0.270 e. The van der Waals surface area contributed by atoms with Crippen molar-refractivity contribution in [2.24, 2.45) is 0 Å². The van der Waals surface area contributed by atoms with Crippen LogP contribution >= 0.6 is 0 Å². The fourth-order valence-electron chi connectivity index (χ4n) is 3.89. The first-order chi connectivity index (χ1) is 15.2. The van der Waals surface area contributed by atoms with Crippen molar-refractivity contribution >= 4 is 11.5 Å². The number of carbonyl (C=O) groups excluding carboxylic acids is 1. The molecule has 0 aliphatic heterocycles.